The van der Waals surface area contributed by atoms with Crippen LogP contribution < -0.4 is 0 Å². The molecule has 0 aliphatic carbocycles. The average molecular weight is 983 g/mol. The summed E-state index contributed by atoms with van der Waals surface area (Å²) in [6, 6.07) is 59.0. The Balaban J connectivity index is 1.19. The van der Waals surface area contributed by atoms with Crippen LogP contribution in [-0.4, -0.2) is 14.1 Å². The third kappa shape index (κ3) is 7.93. The van der Waals surface area contributed by atoms with Crippen LogP contribution in [0.4, 0.5) is 0 Å². The summed E-state index contributed by atoms with van der Waals surface area (Å²) < 4.78 is 4.82. The van der Waals surface area contributed by atoms with Crippen LogP contribution in [0.25, 0.3) is 111 Å². The van der Waals surface area contributed by atoms with Crippen molar-refractivity contribution < 1.29 is 0 Å². The SMILES string of the molecule is Cc1cc(C)c(-c2ccc3c4ccc(-c5c(C)cc(C)cc5C)cc4n(-c4cc(-c5cccc(C#N)c5)c(-n5c6cc(-c7c(C)cc(C)cc7C)ccc6c6ccc(-c7c(C)cc(C)cc7C)cc65)cn4)c3c2)c(C)c1. The first kappa shape index (κ1) is 48.2. The first-order valence-corrected chi connectivity index (χ1v) is 26.6. The largest absolute Gasteiger partial charge is 0.307 e. The van der Waals surface area contributed by atoms with Gasteiger partial charge < -0.3 is 4.57 Å². The number of hydrogen-bond acceptors (Lipinski definition) is 2. The molecule has 76 heavy (non-hydrogen) atoms. The first-order valence-electron chi connectivity index (χ1n) is 26.6. The van der Waals surface area contributed by atoms with Crippen LogP contribution in [0.2, 0.25) is 0 Å². The number of hydrogen-bond donors (Lipinski definition) is 0. The molecule has 9 aromatic carbocycles. The second-order valence-electron chi connectivity index (χ2n) is 21.9. The normalized spacial score (nSPS) is 11.7. The first-order chi connectivity index (χ1) is 36.5. The van der Waals surface area contributed by atoms with Crippen LogP contribution >= 0.6 is 0 Å². The van der Waals surface area contributed by atoms with Gasteiger partial charge in [0.25, 0.3) is 0 Å². The van der Waals surface area contributed by atoms with Gasteiger partial charge in [-0.15, -0.1) is 0 Å². The predicted octanol–water partition coefficient (Wildman–Crippen LogP) is 19.2. The topological polar surface area (TPSA) is 46.5 Å². The summed E-state index contributed by atoms with van der Waals surface area (Å²) in [7, 11) is 0. The van der Waals surface area contributed by atoms with E-state index in [0.717, 1.165) is 66.2 Å². The molecular weight excluding hydrogens is 921 g/mol. The van der Waals surface area contributed by atoms with E-state index in [1.807, 2.05) is 18.2 Å². The maximum Gasteiger partial charge on any atom is 0.138 e. The highest BCUT2D eigenvalue weighted by atomic mass is 15.1. The number of fused-ring (bicyclic) bond motifs is 6. The fourth-order valence-corrected chi connectivity index (χ4v) is 13.4. The van der Waals surface area contributed by atoms with Crippen molar-refractivity contribution in [1.82, 2.24) is 14.1 Å². The molecular formula is C72H62N4. The molecule has 0 saturated heterocycles. The molecule has 3 heterocycles. The number of aryl methyl sites for hydroxylation is 12. The molecule has 370 valence electrons. The Kier molecular flexibility index (Phi) is 11.6. The minimum absolute atomic E-state index is 0.600. The van der Waals surface area contributed by atoms with E-state index < -0.39 is 0 Å². The van der Waals surface area contributed by atoms with Crippen LogP contribution in [0.5, 0.6) is 0 Å². The smallest absolute Gasteiger partial charge is 0.138 e. The number of pyridine rings is 1. The Hall–Kier alpha value is -8.78. The minimum Gasteiger partial charge on any atom is -0.307 e. The van der Waals surface area contributed by atoms with Gasteiger partial charge in [0.1, 0.15) is 5.82 Å². The molecule has 12 rings (SSSR count). The van der Waals surface area contributed by atoms with Gasteiger partial charge in [-0.05, 0) is 220 Å². The summed E-state index contributed by atoms with van der Waals surface area (Å²) in [6.07, 6.45) is 2.08. The fraction of sp³-hybridized carbons (Fsp3) is 0.167. The van der Waals surface area contributed by atoms with E-state index in [0.29, 0.717) is 5.56 Å². The van der Waals surface area contributed by atoms with Gasteiger partial charge >= 0.3 is 0 Å². The van der Waals surface area contributed by atoms with Crippen molar-refractivity contribution in [2.24, 2.45) is 0 Å². The van der Waals surface area contributed by atoms with E-state index in [-0.39, 0.29) is 0 Å². The summed E-state index contributed by atoms with van der Waals surface area (Å²) in [5.74, 6) is 0.795. The zero-order valence-electron chi connectivity index (χ0n) is 45.8. The number of rotatable bonds is 7. The Labute approximate surface area is 447 Å². The summed E-state index contributed by atoms with van der Waals surface area (Å²) in [4.78, 5) is 5.63. The van der Waals surface area contributed by atoms with E-state index in [9.17, 15) is 5.26 Å². The molecule has 0 N–H and O–H groups in total. The van der Waals surface area contributed by atoms with Gasteiger partial charge in [-0.25, -0.2) is 4.98 Å². The molecule has 0 aliphatic rings. The zero-order chi connectivity index (χ0) is 53.0. The highest BCUT2D eigenvalue weighted by Crippen LogP contribution is 2.44. The Morgan fingerprint density at radius 3 is 1.00 bits per heavy atom. The molecule has 0 amide bonds. The van der Waals surface area contributed by atoms with Crippen molar-refractivity contribution in [3.63, 3.8) is 0 Å². The van der Waals surface area contributed by atoms with Gasteiger partial charge in [0, 0.05) is 27.1 Å². The molecule has 0 fully saturated rings. The van der Waals surface area contributed by atoms with Gasteiger partial charge in [0.15, 0.2) is 0 Å². The standard InChI is InChI=1S/C72H62N4/c1-40-24-44(5)69(45(6)25-40)54-16-20-58-59-21-17-55(70-46(7)26-41(2)27-47(70)8)34-64(59)75(63(58)33-54)67-39-74-68(37-62(67)53-15-13-14-52(32-53)38-73)76-65-35-56(71-48(9)28-42(3)29-49(71)10)18-22-60(65)61-23-19-57(36-66(61)76)72-50(11)30-43(4)31-51(72)12/h13-37,39H,1-12H3. The zero-order valence-corrected chi connectivity index (χ0v) is 45.8. The Morgan fingerprint density at radius 2 is 0.671 bits per heavy atom. The van der Waals surface area contributed by atoms with Crippen molar-refractivity contribution in [2.45, 2.75) is 83.1 Å². The molecule has 0 bridgehead atoms. The lowest BCUT2D eigenvalue weighted by Crippen LogP contribution is -2.04. The van der Waals surface area contributed by atoms with Gasteiger partial charge in [-0.1, -0.05) is 131 Å². The van der Waals surface area contributed by atoms with E-state index in [4.69, 9.17) is 4.98 Å². The summed E-state index contributed by atoms with van der Waals surface area (Å²) >= 11 is 0. The number of nitrogens with zero attached hydrogens (tertiary/aromatic N) is 4. The van der Waals surface area contributed by atoms with Crippen LogP contribution in [0.1, 0.15) is 72.3 Å². The highest BCUT2D eigenvalue weighted by Gasteiger charge is 2.24. The molecule has 12 aromatic rings. The summed E-state index contributed by atoms with van der Waals surface area (Å²) in [5.41, 5.74) is 32.6. The van der Waals surface area contributed by atoms with Crippen LogP contribution in [0.3, 0.4) is 0 Å². The Morgan fingerprint density at radius 1 is 0.342 bits per heavy atom. The molecule has 3 aromatic heterocycles. The maximum atomic E-state index is 10.5. The number of benzene rings is 9. The van der Waals surface area contributed by atoms with Crippen molar-refractivity contribution in [1.29, 1.82) is 5.26 Å². The van der Waals surface area contributed by atoms with Gasteiger partial charge in [-0.2, -0.15) is 5.26 Å². The third-order valence-electron chi connectivity index (χ3n) is 16.0. The van der Waals surface area contributed by atoms with Gasteiger partial charge in [0.2, 0.25) is 0 Å². The second kappa shape index (κ2) is 18.3. The highest BCUT2D eigenvalue weighted by molar-refractivity contribution is 6.13. The molecule has 4 nitrogen and oxygen atoms in total. The fourth-order valence-electron chi connectivity index (χ4n) is 13.4. The van der Waals surface area contributed by atoms with Crippen molar-refractivity contribution in [3.8, 4) is 73.2 Å². The average Bonchev–Trinajstić information content (AvgIpc) is 3.91. The molecule has 0 saturated carbocycles. The minimum atomic E-state index is 0.600. The van der Waals surface area contributed by atoms with Crippen molar-refractivity contribution in [2.75, 3.05) is 0 Å². The monoisotopic (exact) mass is 982 g/mol. The summed E-state index contributed by atoms with van der Waals surface area (Å²) in [6.45, 7) is 26.5. The Bertz CT molecular complexity index is 4160. The summed E-state index contributed by atoms with van der Waals surface area (Å²) in [5, 5.41) is 15.1. The lowest BCUT2D eigenvalue weighted by molar-refractivity contribution is 1.06. The van der Waals surface area contributed by atoms with Crippen molar-refractivity contribution in [3.05, 3.63) is 230 Å². The molecule has 0 aliphatic heterocycles. The second-order valence-corrected chi connectivity index (χ2v) is 21.9. The van der Waals surface area contributed by atoms with E-state index in [1.54, 1.807) is 0 Å². The number of aromatic nitrogens is 3. The molecule has 4 heteroatoms. The quantitative estimate of drug-likeness (QED) is 0.160. The van der Waals surface area contributed by atoms with E-state index in [2.05, 4.69) is 238 Å². The third-order valence-corrected chi connectivity index (χ3v) is 16.0. The van der Waals surface area contributed by atoms with Gasteiger partial charge in [0.05, 0.1) is 45.6 Å². The van der Waals surface area contributed by atoms with Crippen molar-refractivity contribution >= 4 is 43.6 Å². The molecule has 0 unspecified atom stereocenters. The van der Waals surface area contributed by atoms with Crippen LogP contribution in [-0.2, 0) is 0 Å². The van der Waals surface area contributed by atoms with E-state index >= 15 is 0 Å². The van der Waals surface area contributed by atoms with Crippen LogP contribution in [0, 0.1) is 94.4 Å². The molecule has 0 atom stereocenters. The molecule has 0 radical (unpaired) electrons. The van der Waals surface area contributed by atoms with Gasteiger partial charge in [-0.3, -0.25) is 4.57 Å². The van der Waals surface area contributed by atoms with E-state index in [1.165, 1.54) is 111 Å². The lowest BCUT2D eigenvalue weighted by Gasteiger charge is -2.18. The molecule has 0 spiro atoms. The maximum absolute atomic E-state index is 10.5. The predicted molar refractivity (Wildman–Crippen MR) is 322 cm³/mol. The van der Waals surface area contributed by atoms with Crippen LogP contribution in [0.15, 0.2) is 158 Å². The number of nitriles is 1. The lowest BCUT2D eigenvalue weighted by atomic mass is 9.92.